The Bertz CT molecular complexity index is 830. The van der Waals surface area contributed by atoms with E-state index in [0.29, 0.717) is 23.0 Å². The number of carbonyl (C=O) groups is 1. The van der Waals surface area contributed by atoms with Gasteiger partial charge in [0.1, 0.15) is 6.04 Å². The molecule has 3 fully saturated rings. The van der Waals surface area contributed by atoms with E-state index < -0.39 is 0 Å². The van der Waals surface area contributed by atoms with E-state index in [1.54, 1.807) is 6.20 Å². The molecule has 0 radical (unpaired) electrons. The van der Waals surface area contributed by atoms with Crippen molar-refractivity contribution in [3.05, 3.63) is 29.9 Å². The topological polar surface area (TPSA) is 80.9 Å². The summed E-state index contributed by atoms with van der Waals surface area (Å²) in [6.07, 6.45) is 10.2. The normalized spacial score (nSPS) is 22.5. The molecule has 2 aromatic rings. The van der Waals surface area contributed by atoms with Crippen LogP contribution in [0.4, 0.5) is 0 Å². The molecule has 5 rings (SSSR count). The Morgan fingerprint density at radius 1 is 1.35 bits per heavy atom. The minimum atomic E-state index is -0.272. The molecule has 2 aromatic heterocycles. The molecular formula is C20H24N4O2. The van der Waals surface area contributed by atoms with Crippen molar-refractivity contribution in [2.75, 3.05) is 0 Å². The van der Waals surface area contributed by atoms with Gasteiger partial charge in [0.2, 0.25) is 17.6 Å². The van der Waals surface area contributed by atoms with Gasteiger partial charge >= 0.3 is 0 Å². The van der Waals surface area contributed by atoms with Crippen molar-refractivity contribution in [2.45, 2.75) is 63.8 Å². The van der Waals surface area contributed by atoms with Crippen LogP contribution in [0.3, 0.4) is 0 Å². The number of rotatable bonds is 5. The van der Waals surface area contributed by atoms with E-state index in [0.717, 1.165) is 24.1 Å². The zero-order valence-corrected chi connectivity index (χ0v) is 15.1. The number of pyridine rings is 1. The number of nitrogens with one attached hydrogen (secondary N) is 1. The van der Waals surface area contributed by atoms with Crippen molar-refractivity contribution in [3.63, 3.8) is 0 Å². The zero-order valence-electron chi connectivity index (χ0n) is 15.1. The molecule has 6 nitrogen and oxygen atoms in total. The molecule has 0 unspecified atom stereocenters. The molecule has 1 N–H and O–H groups in total. The number of hydrogen-bond donors (Lipinski definition) is 1. The predicted octanol–water partition coefficient (Wildman–Crippen LogP) is 3.77. The van der Waals surface area contributed by atoms with Gasteiger partial charge in [-0.15, -0.1) is 0 Å². The van der Waals surface area contributed by atoms with E-state index >= 15 is 0 Å². The smallest absolute Gasteiger partial charge is 0.249 e. The Morgan fingerprint density at radius 3 is 2.85 bits per heavy atom. The maximum absolute atomic E-state index is 12.4. The highest BCUT2D eigenvalue weighted by molar-refractivity contribution is 5.80. The van der Waals surface area contributed by atoms with Crippen LogP contribution in [0.15, 0.2) is 22.9 Å². The molecule has 3 aliphatic rings. The number of aromatic nitrogens is 3. The second-order valence-electron chi connectivity index (χ2n) is 8.39. The monoisotopic (exact) mass is 352 g/mol. The summed E-state index contributed by atoms with van der Waals surface area (Å²) in [7, 11) is 0. The van der Waals surface area contributed by atoms with Crippen molar-refractivity contribution in [3.8, 4) is 11.4 Å². The number of amides is 1. The highest BCUT2D eigenvalue weighted by Crippen LogP contribution is 2.58. The van der Waals surface area contributed by atoms with Gasteiger partial charge in [-0.05, 0) is 63.0 Å². The van der Waals surface area contributed by atoms with Crippen molar-refractivity contribution < 1.29 is 9.32 Å². The highest BCUT2D eigenvalue weighted by Gasteiger charge is 2.50. The SMILES string of the molecule is C[C@H](NC(=O)C1CC2(CCC2)C1)c1nc(-c2ccnc(C3CC3)c2)no1. The van der Waals surface area contributed by atoms with Crippen molar-refractivity contribution in [2.24, 2.45) is 11.3 Å². The minimum absolute atomic E-state index is 0.120. The molecule has 0 aliphatic heterocycles. The number of carbonyl (C=O) groups excluding carboxylic acids is 1. The number of hydrogen-bond acceptors (Lipinski definition) is 5. The Morgan fingerprint density at radius 2 is 2.15 bits per heavy atom. The first kappa shape index (κ1) is 16.0. The molecule has 136 valence electrons. The van der Waals surface area contributed by atoms with E-state index in [1.807, 2.05) is 19.1 Å². The Hall–Kier alpha value is -2.24. The third-order valence-electron chi connectivity index (χ3n) is 6.35. The summed E-state index contributed by atoms with van der Waals surface area (Å²) in [5, 5.41) is 7.14. The Labute approximate surface area is 152 Å². The van der Waals surface area contributed by atoms with Gasteiger partial charge in [0.15, 0.2) is 0 Å². The van der Waals surface area contributed by atoms with Gasteiger partial charge in [0, 0.05) is 29.3 Å². The molecule has 0 aromatic carbocycles. The fourth-order valence-electron chi connectivity index (χ4n) is 4.37. The molecule has 0 saturated heterocycles. The van der Waals surface area contributed by atoms with Crippen LogP contribution in [0.25, 0.3) is 11.4 Å². The summed E-state index contributed by atoms with van der Waals surface area (Å²) in [5.74, 6) is 1.87. The van der Waals surface area contributed by atoms with Crippen LogP contribution in [0.5, 0.6) is 0 Å². The first-order valence-electron chi connectivity index (χ1n) is 9.72. The molecule has 1 atom stereocenters. The maximum Gasteiger partial charge on any atom is 0.249 e. The standard InChI is InChI=1S/C20H24N4O2/c1-12(22-18(25)15-10-20(11-15)6-2-7-20)19-23-17(24-26-19)14-5-8-21-16(9-14)13-3-4-13/h5,8-9,12-13,15H,2-4,6-7,10-11H2,1H3,(H,22,25)/t12-/m0/s1. The maximum atomic E-state index is 12.4. The Balaban J connectivity index is 1.23. The van der Waals surface area contributed by atoms with E-state index in [-0.39, 0.29) is 17.9 Å². The molecule has 26 heavy (non-hydrogen) atoms. The van der Waals surface area contributed by atoms with E-state index in [4.69, 9.17) is 4.52 Å². The lowest BCUT2D eigenvalue weighted by molar-refractivity contribution is -0.137. The molecule has 3 saturated carbocycles. The molecule has 1 spiro atoms. The lowest BCUT2D eigenvalue weighted by Gasteiger charge is -2.53. The van der Waals surface area contributed by atoms with Gasteiger partial charge in [-0.3, -0.25) is 9.78 Å². The predicted molar refractivity (Wildman–Crippen MR) is 95.1 cm³/mol. The first-order valence-corrected chi connectivity index (χ1v) is 9.72. The van der Waals surface area contributed by atoms with Crippen LogP contribution in [0.1, 0.15) is 75.4 Å². The fourth-order valence-corrected chi connectivity index (χ4v) is 4.37. The molecule has 1 amide bonds. The summed E-state index contributed by atoms with van der Waals surface area (Å²) >= 11 is 0. The zero-order chi connectivity index (χ0) is 17.7. The van der Waals surface area contributed by atoms with Crippen LogP contribution in [0, 0.1) is 11.3 Å². The third kappa shape index (κ3) is 2.81. The van der Waals surface area contributed by atoms with Gasteiger partial charge in [-0.1, -0.05) is 11.6 Å². The largest absolute Gasteiger partial charge is 0.344 e. The molecule has 2 heterocycles. The summed E-state index contributed by atoms with van der Waals surface area (Å²) in [6.45, 7) is 1.90. The first-order chi connectivity index (χ1) is 12.6. The summed E-state index contributed by atoms with van der Waals surface area (Å²) in [4.78, 5) is 21.3. The Kier molecular flexibility index (Phi) is 3.62. The van der Waals surface area contributed by atoms with E-state index in [2.05, 4.69) is 20.4 Å². The minimum Gasteiger partial charge on any atom is -0.344 e. The lowest BCUT2D eigenvalue weighted by atomic mass is 9.51. The van der Waals surface area contributed by atoms with E-state index in [9.17, 15) is 4.79 Å². The molecule has 6 heteroatoms. The van der Waals surface area contributed by atoms with Crippen LogP contribution >= 0.6 is 0 Å². The summed E-state index contributed by atoms with van der Waals surface area (Å²) < 4.78 is 5.41. The van der Waals surface area contributed by atoms with Gasteiger partial charge < -0.3 is 9.84 Å². The van der Waals surface area contributed by atoms with Gasteiger partial charge in [0.05, 0.1) is 0 Å². The average molecular weight is 352 g/mol. The van der Waals surface area contributed by atoms with Crippen molar-refractivity contribution >= 4 is 5.91 Å². The van der Waals surface area contributed by atoms with Crippen LogP contribution in [-0.4, -0.2) is 21.0 Å². The molecular weight excluding hydrogens is 328 g/mol. The van der Waals surface area contributed by atoms with Crippen molar-refractivity contribution in [1.82, 2.24) is 20.4 Å². The molecule has 0 bridgehead atoms. The quantitative estimate of drug-likeness (QED) is 0.886. The van der Waals surface area contributed by atoms with E-state index in [1.165, 1.54) is 32.1 Å². The van der Waals surface area contributed by atoms with Crippen molar-refractivity contribution in [1.29, 1.82) is 0 Å². The van der Waals surface area contributed by atoms with Crippen LogP contribution < -0.4 is 5.32 Å². The molecule has 3 aliphatic carbocycles. The average Bonchev–Trinajstić information content (AvgIpc) is 3.29. The third-order valence-corrected chi connectivity index (χ3v) is 6.35. The second kappa shape index (κ2) is 5.89. The summed E-state index contributed by atoms with van der Waals surface area (Å²) in [5.41, 5.74) is 2.52. The van der Waals surface area contributed by atoms with Gasteiger partial charge in [-0.25, -0.2) is 0 Å². The second-order valence-corrected chi connectivity index (χ2v) is 8.39. The summed E-state index contributed by atoms with van der Waals surface area (Å²) in [6, 6.07) is 3.67. The van der Waals surface area contributed by atoms with Gasteiger partial charge in [-0.2, -0.15) is 4.98 Å². The lowest BCUT2D eigenvalue weighted by Crippen LogP contribution is -2.49. The van der Waals surface area contributed by atoms with Crippen LogP contribution in [-0.2, 0) is 4.79 Å². The fraction of sp³-hybridized carbons (Fsp3) is 0.600. The van der Waals surface area contributed by atoms with Crippen LogP contribution in [0.2, 0.25) is 0 Å². The van der Waals surface area contributed by atoms with Gasteiger partial charge in [0.25, 0.3) is 0 Å². The number of nitrogens with zero attached hydrogens (tertiary/aromatic N) is 3. The highest BCUT2D eigenvalue weighted by atomic mass is 16.5.